The fraction of sp³-hybridized carbons (Fsp3) is 0.682. The number of rotatable bonds is 10. The first-order valence-electron chi connectivity index (χ1n) is 10.6. The van der Waals surface area contributed by atoms with E-state index in [1.807, 2.05) is 6.92 Å². The van der Waals surface area contributed by atoms with Gasteiger partial charge in [-0.3, -0.25) is 4.79 Å². The topological polar surface area (TPSA) is 56.8 Å². The van der Waals surface area contributed by atoms with Gasteiger partial charge in [-0.1, -0.05) is 0 Å². The largest absolute Gasteiger partial charge is 0.493 e. The van der Waals surface area contributed by atoms with Gasteiger partial charge >= 0.3 is 0 Å². The Kier molecular flexibility index (Phi) is 7.80. The van der Waals surface area contributed by atoms with Crippen molar-refractivity contribution in [2.45, 2.75) is 76.7 Å². The predicted octanol–water partition coefficient (Wildman–Crippen LogP) is 4.37. The van der Waals surface area contributed by atoms with E-state index in [-0.39, 0.29) is 55.1 Å². The summed E-state index contributed by atoms with van der Waals surface area (Å²) in [7, 11) is 0. The molecule has 0 saturated heterocycles. The molecular weight excluding hydrogens is 418 g/mol. The van der Waals surface area contributed by atoms with Crippen LogP contribution in [0, 0.1) is 17.6 Å². The molecule has 1 aromatic rings. The Hall–Kier alpha value is -1.87. The van der Waals surface area contributed by atoms with Gasteiger partial charge in [0, 0.05) is 37.1 Å². The van der Waals surface area contributed by atoms with Crippen LogP contribution < -0.4 is 10.1 Å². The van der Waals surface area contributed by atoms with Crippen molar-refractivity contribution in [1.29, 1.82) is 0 Å². The summed E-state index contributed by atoms with van der Waals surface area (Å²) in [6, 6.07) is 1.94. The Labute approximate surface area is 179 Å². The van der Waals surface area contributed by atoms with Crippen LogP contribution in [0.1, 0.15) is 51.5 Å². The Morgan fingerprint density at radius 3 is 2.19 bits per heavy atom. The summed E-state index contributed by atoms with van der Waals surface area (Å²) in [5.74, 6) is -5.47. The van der Waals surface area contributed by atoms with Gasteiger partial charge in [0.1, 0.15) is 17.4 Å². The normalized spacial score (nSPS) is 25.7. The van der Waals surface area contributed by atoms with Crippen LogP contribution in [-0.4, -0.2) is 43.3 Å². The highest BCUT2D eigenvalue weighted by molar-refractivity contribution is 5.73. The number of carbonyl (C=O) groups is 1. The fourth-order valence-corrected chi connectivity index (χ4v) is 3.68. The summed E-state index contributed by atoms with van der Waals surface area (Å²) in [5, 5.41) is 2.76. The highest BCUT2D eigenvalue weighted by Gasteiger charge is 2.57. The van der Waals surface area contributed by atoms with Gasteiger partial charge in [-0.15, -0.1) is 0 Å². The van der Waals surface area contributed by atoms with Crippen molar-refractivity contribution in [1.82, 2.24) is 5.32 Å². The summed E-state index contributed by atoms with van der Waals surface area (Å²) in [6.07, 6.45) is 2.63. The van der Waals surface area contributed by atoms with E-state index in [4.69, 9.17) is 14.2 Å². The minimum atomic E-state index is -2.74. The average molecular weight is 447 g/mol. The third-order valence-corrected chi connectivity index (χ3v) is 5.64. The first-order valence-corrected chi connectivity index (χ1v) is 10.6. The second-order valence-corrected chi connectivity index (χ2v) is 8.48. The summed E-state index contributed by atoms with van der Waals surface area (Å²) >= 11 is 0. The highest BCUT2D eigenvalue weighted by Crippen LogP contribution is 2.48. The minimum absolute atomic E-state index is 0.0647. The lowest BCUT2D eigenvalue weighted by Crippen LogP contribution is -2.36. The Morgan fingerprint density at radius 2 is 1.68 bits per heavy atom. The Morgan fingerprint density at radius 1 is 1.13 bits per heavy atom. The van der Waals surface area contributed by atoms with E-state index < -0.39 is 23.5 Å². The lowest BCUT2D eigenvalue weighted by molar-refractivity contribution is -0.120. The molecule has 2 atom stereocenters. The zero-order valence-corrected chi connectivity index (χ0v) is 17.8. The van der Waals surface area contributed by atoms with Crippen molar-refractivity contribution in [3.05, 3.63) is 29.3 Å². The number of hydrogen-bond acceptors (Lipinski definition) is 4. The molecule has 0 aliphatic heterocycles. The molecule has 0 bridgehead atoms. The average Bonchev–Trinajstić information content (AvgIpc) is 3.31. The minimum Gasteiger partial charge on any atom is -0.493 e. The molecule has 1 amide bonds. The van der Waals surface area contributed by atoms with Crippen LogP contribution in [0.2, 0.25) is 0 Å². The molecule has 3 rings (SSSR count). The maximum absolute atomic E-state index is 14.3. The monoisotopic (exact) mass is 447 g/mol. The molecular formula is C22H29F4NO4. The van der Waals surface area contributed by atoms with Gasteiger partial charge in [0.05, 0.1) is 37.9 Å². The van der Waals surface area contributed by atoms with E-state index in [1.54, 1.807) is 0 Å². The van der Waals surface area contributed by atoms with Crippen LogP contribution in [0.4, 0.5) is 17.6 Å². The number of carbonyl (C=O) groups excluding carboxylic acids is 1. The number of nitrogens with one attached hydrogen (secondary N) is 1. The van der Waals surface area contributed by atoms with Crippen molar-refractivity contribution >= 4 is 5.91 Å². The van der Waals surface area contributed by atoms with E-state index >= 15 is 0 Å². The van der Waals surface area contributed by atoms with E-state index in [9.17, 15) is 22.4 Å². The Balaban J connectivity index is 1.39. The second kappa shape index (κ2) is 10.2. The molecule has 0 aromatic heterocycles. The van der Waals surface area contributed by atoms with Gasteiger partial charge in [0.15, 0.2) is 0 Å². The molecule has 1 aromatic carbocycles. The smallest absolute Gasteiger partial charge is 0.255 e. The van der Waals surface area contributed by atoms with Gasteiger partial charge in [0.25, 0.3) is 5.92 Å². The van der Waals surface area contributed by atoms with Crippen LogP contribution in [-0.2, 0) is 20.9 Å². The molecule has 2 aliphatic carbocycles. The number of alkyl halides is 2. The summed E-state index contributed by atoms with van der Waals surface area (Å²) in [5.41, 5.74) is -0.202. The van der Waals surface area contributed by atoms with E-state index in [0.29, 0.717) is 19.4 Å². The molecule has 0 heterocycles. The summed E-state index contributed by atoms with van der Waals surface area (Å²) < 4.78 is 71.0. The first kappa shape index (κ1) is 23.8. The lowest BCUT2D eigenvalue weighted by Gasteiger charge is -2.29. The number of benzene rings is 1. The molecule has 0 spiro atoms. The van der Waals surface area contributed by atoms with Gasteiger partial charge < -0.3 is 19.5 Å². The Bertz CT molecular complexity index is 745. The highest BCUT2D eigenvalue weighted by atomic mass is 19.3. The van der Waals surface area contributed by atoms with Crippen molar-refractivity contribution < 1.29 is 36.6 Å². The van der Waals surface area contributed by atoms with E-state index in [0.717, 1.165) is 25.0 Å². The first-order chi connectivity index (χ1) is 14.6. The van der Waals surface area contributed by atoms with Gasteiger partial charge in [-0.05, 0) is 32.6 Å². The fourth-order valence-electron chi connectivity index (χ4n) is 3.68. The van der Waals surface area contributed by atoms with Crippen LogP contribution >= 0.6 is 0 Å². The van der Waals surface area contributed by atoms with Crippen LogP contribution in [0.25, 0.3) is 0 Å². The predicted molar refractivity (Wildman–Crippen MR) is 105 cm³/mol. The van der Waals surface area contributed by atoms with Crippen LogP contribution in [0.15, 0.2) is 12.1 Å². The van der Waals surface area contributed by atoms with Crippen LogP contribution in [0.3, 0.4) is 0 Å². The SMILES string of the molecule is CC(=O)N[C@@H](C)COC1CCC(OCc2c(F)cc(OCC3CC3(F)F)cc2F)CC1. The third kappa shape index (κ3) is 7.07. The zero-order valence-electron chi connectivity index (χ0n) is 17.8. The molecule has 0 radical (unpaired) electrons. The molecule has 2 aliphatic rings. The van der Waals surface area contributed by atoms with E-state index in [1.165, 1.54) is 6.92 Å². The number of ether oxygens (including phenoxy) is 3. The van der Waals surface area contributed by atoms with Crippen LogP contribution in [0.5, 0.6) is 5.75 Å². The standard InChI is InChI=1S/C22H29F4NO4/c1-13(27-14(2)28)10-29-16-3-5-17(6-4-16)31-12-19-20(23)7-18(8-21(19)24)30-11-15-9-22(15,25)26/h7-8,13,15-17H,3-6,9-12H2,1-2H3,(H,27,28)/t13-,15?,16?,17?/m0/s1. The van der Waals surface area contributed by atoms with Gasteiger partial charge in [-0.25, -0.2) is 17.6 Å². The van der Waals surface area contributed by atoms with Crippen molar-refractivity contribution in [2.75, 3.05) is 13.2 Å². The second-order valence-electron chi connectivity index (χ2n) is 8.48. The van der Waals surface area contributed by atoms with Gasteiger partial charge in [-0.2, -0.15) is 0 Å². The quantitative estimate of drug-likeness (QED) is 0.542. The van der Waals surface area contributed by atoms with Crippen molar-refractivity contribution in [3.8, 4) is 5.75 Å². The maximum Gasteiger partial charge on any atom is 0.255 e. The number of halogens is 4. The maximum atomic E-state index is 14.3. The molecule has 9 heteroatoms. The number of amides is 1. The lowest BCUT2D eigenvalue weighted by atomic mass is 9.95. The van der Waals surface area contributed by atoms with Gasteiger partial charge in [0.2, 0.25) is 5.91 Å². The molecule has 31 heavy (non-hydrogen) atoms. The molecule has 2 fully saturated rings. The number of hydrogen-bond donors (Lipinski definition) is 1. The van der Waals surface area contributed by atoms with Crippen molar-refractivity contribution in [2.24, 2.45) is 5.92 Å². The molecule has 1 N–H and O–H groups in total. The molecule has 5 nitrogen and oxygen atoms in total. The molecule has 2 saturated carbocycles. The van der Waals surface area contributed by atoms with E-state index in [2.05, 4.69) is 5.32 Å². The summed E-state index contributed by atoms with van der Waals surface area (Å²) in [4.78, 5) is 11.0. The zero-order chi connectivity index (χ0) is 22.6. The third-order valence-electron chi connectivity index (χ3n) is 5.64. The molecule has 1 unspecified atom stereocenters. The summed E-state index contributed by atoms with van der Waals surface area (Å²) in [6.45, 7) is 3.28. The van der Waals surface area contributed by atoms with Crippen molar-refractivity contribution in [3.63, 3.8) is 0 Å². The molecule has 174 valence electrons.